The van der Waals surface area contributed by atoms with E-state index in [1.54, 1.807) is 36.4 Å². The van der Waals surface area contributed by atoms with Crippen LogP contribution in [0, 0.1) is 10.8 Å². The van der Waals surface area contributed by atoms with Crippen LogP contribution in [0.5, 0.6) is 46.0 Å². The van der Waals surface area contributed by atoms with Crippen LogP contribution >= 0.6 is 0 Å². The summed E-state index contributed by atoms with van der Waals surface area (Å²) >= 11 is 0. The van der Waals surface area contributed by atoms with E-state index in [0.29, 0.717) is 36.2 Å². The normalized spacial score (nSPS) is 17.6. The molecule has 6 aromatic carbocycles. The fourth-order valence-electron chi connectivity index (χ4n) is 10.4. The molecule has 2 N–H and O–H groups in total. The molecule has 4 aliphatic rings. The van der Waals surface area contributed by atoms with Crippen LogP contribution in [0.25, 0.3) is 22.3 Å². The van der Waals surface area contributed by atoms with Gasteiger partial charge < -0.3 is 38.6 Å². The summed E-state index contributed by atoms with van der Waals surface area (Å²) < 4.78 is 36.6. The van der Waals surface area contributed by atoms with E-state index in [1.165, 1.54) is 51.6 Å². The van der Waals surface area contributed by atoms with Crippen molar-refractivity contribution >= 4 is 34.2 Å². The number of esters is 2. The quantitative estimate of drug-likeness (QED) is 0.0794. The Bertz CT molecular complexity index is 3150. The summed E-state index contributed by atoms with van der Waals surface area (Å²) in [6.07, 6.45) is 6.97. The highest BCUT2D eigenvalue weighted by atomic mass is 16.5. The van der Waals surface area contributed by atoms with Crippen LogP contribution in [0.15, 0.2) is 133 Å². The van der Waals surface area contributed by atoms with Gasteiger partial charge in [-0.1, -0.05) is 61.4 Å². The molecule has 0 saturated carbocycles. The van der Waals surface area contributed by atoms with Crippen LogP contribution in [0.1, 0.15) is 140 Å². The average Bonchev–Trinajstić information content (AvgIpc) is 3.47. The first-order valence-corrected chi connectivity index (χ1v) is 28.4. The van der Waals surface area contributed by atoms with E-state index in [4.69, 9.17) is 28.4 Å². The molecule has 12 nitrogen and oxygen atoms in total. The highest BCUT2D eigenvalue weighted by Gasteiger charge is 2.33. The second-order valence-electron chi connectivity index (χ2n) is 23.4. The smallest absolute Gasteiger partial charge is 0.316 e. The molecule has 0 radical (unpaired) electrons. The van der Waals surface area contributed by atoms with E-state index in [2.05, 4.69) is 23.6 Å². The van der Waals surface area contributed by atoms with Gasteiger partial charge in [0, 0.05) is 47.5 Å². The van der Waals surface area contributed by atoms with Crippen LogP contribution in [0.3, 0.4) is 0 Å². The molecule has 0 aliphatic carbocycles. The number of nitrogens with zero attached hydrogens (tertiary/aromatic N) is 2. The zero-order valence-corrected chi connectivity index (χ0v) is 47.8. The van der Waals surface area contributed by atoms with Gasteiger partial charge in [-0.2, -0.15) is 0 Å². The molecule has 0 bridgehead atoms. The standard InChI is InChI=1S/C39H47NO6.C29H31NO4/c1-26-32-20-19-31(45-37(42)39(5,6)7)25-33(32)46-35(34(26)27-11-17-30(18-12-27)44-36(41)38(2,3)4)28-13-15-29(16-14-28)43-24-23-40-21-9-8-10-22-40;1-20-26-14-11-24(32)19-27(26)34-29(28(20)21-5-9-23(31)10-6-21)22-7-12-25(13-8-22)33-18-17-30-15-3-2-4-16-30/h11-20,25,35H,8-10,21-24H2,1-7H3;5-14,19,29,31-32H,2-4,15-18H2,1H3. The molecule has 2 atom stereocenters. The second-order valence-corrected chi connectivity index (χ2v) is 23.4. The van der Waals surface area contributed by atoms with Crippen molar-refractivity contribution in [1.82, 2.24) is 9.80 Å². The van der Waals surface area contributed by atoms with Gasteiger partial charge in [0.15, 0.2) is 0 Å². The van der Waals surface area contributed by atoms with Crippen molar-refractivity contribution in [2.45, 2.75) is 106 Å². The number of piperidine rings is 2. The Morgan fingerprint density at radius 2 is 0.850 bits per heavy atom. The van der Waals surface area contributed by atoms with E-state index in [-0.39, 0.29) is 29.5 Å². The van der Waals surface area contributed by atoms with Gasteiger partial charge in [0.1, 0.15) is 71.4 Å². The molecule has 12 heteroatoms. The van der Waals surface area contributed by atoms with E-state index in [0.717, 1.165) is 93.4 Å². The van der Waals surface area contributed by atoms with Gasteiger partial charge in [0.05, 0.1) is 10.8 Å². The van der Waals surface area contributed by atoms with Gasteiger partial charge in [0.2, 0.25) is 0 Å². The third-order valence-corrected chi connectivity index (χ3v) is 15.2. The minimum absolute atomic E-state index is 0.177. The molecule has 2 saturated heterocycles. The van der Waals surface area contributed by atoms with Crippen molar-refractivity contribution in [2.75, 3.05) is 52.5 Å². The Morgan fingerprint density at radius 3 is 1.30 bits per heavy atom. The number of rotatable bonds is 14. The molecule has 420 valence electrons. The molecule has 4 aliphatic heterocycles. The number of carbonyl (C=O) groups is 2. The minimum atomic E-state index is -0.632. The number of aromatic hydroxyl groups is 2. The second kappa shape index (κ2) is 25.3. The SMILES string of the molecule is CC1=C(c2ccc(O)cc2)C(c2ccc(OCCN3CCCCC3)cc2)Oc2cc(O)ccc21.CC1=C(c2ccc(OC(=O)C(C)(C)C)cc2)C(c2ccc(OCCN3CCCCC3)cc2)Oc2cc(OC(=O)C(C)(C)C)ccc21. The number of fused-ring (bicyclic) bond motifs is 2. The Morgan fingerprint density at radius 1 is 0.475 bits per heavy atom. The number of carbonyl (C=O) groups excluding carboxylic acids is 2. The van der Waals surface area contributed by atoms with Crippen molar-refractivity contribution in [3.05, 3.63) is 167 Å². The Kier molecular flexibility index (Phi) is 18.1. The van der Waals surface area contributed by atoms with Crippen LogP contribution in [0.4, 0.5) is 0 Å². The number of phenols is 2. The van der Waals surface area contributed by atoms with Crippen molar-refractivity contribution in [1.29, 1.82) is 0 Å². The van der Waals surface area contributed by atoms with E-state index in [9.17, 15) is 19.8 Å². The van der Waals surface area contributed by atoms with Crippen LogP contribution in [0.2, 0.25) is 0 Å². The fraction of sp³-hybridized carbons (Fsp3) is 0.382. The van der Waals surface area contributed by atoms with Crippen LogP contribution in [-0.4, -0.2) is 84.4 Å². The summed E-state index contributed by atoms with van der Waals surface area (Å²) in [4.78, 5) is 30.0. The number of benzene rings is 6. The Balaban J connectivity index is 0.000000202. The number of allylic oxidation sites excluding steroid dienone is 2. The number of phenolic OH excluding ortho intramolecular Hbond substituents is 2. The van der Waals surface area contributed by atoms with Crippen molar-refractivity contribution in [2.24, 2.45) is 10.8 Å². The van der Waals surface area contributed by atoms with Crippen LogP contribution in [-0.2, 0) is 9.59 Å². The topological polar surface area (TPSA) is 136 Å². The van der Waals surface area contributed by atoms with Gasteiger partial charge in [0.25, 0.3) is 0 Å². The van der Waals surface area contributed by atoms with Gasteiger partial charge in [-0.25, -0.2) is 0 Å². The lowest BCUT2D eigenvalue weighted by Crippen LogP contribution is -2.33. The molecule has 10 rings (SSSR count). The maximum absolute atomic E-state index is 12.6. The summed E-state index contributed by atoms with van der Waals surface area (Å²) in [6, 6.07) is 41.7. The van der Waals surface area contributed by atoms with E-state index in [1.807, 2.05) is 139 Å². The summed E-state index contributed by atoms with van der Waals surface area (Å²) in [5, 5.41) is 19.8. The average molecular weight is 1080 g/mol. The predicted octanol–water partition coefficient (Wildman–Crippen LogP) is 14.5. The minimum Gasteiger partial charge on any atom is -0.508 e. The molecule has 80 heavy (non-hydrogen) atoms. The summed E-state index contributed by atoms with van der Waals surface area (Å²) in [5.41, 5.74) is 8.70. The monoisotopic (exact) mass is 1080 g/mol. The van der Waals surface area contributed by atoms with Gasteiger partial charge in [-0.15, -0.1) is 0 Å². The maximum atomic E-state index is 12.6. The Hall–Kier alpha value is -7.54. The summed E-state index contributed by atoms with van der Waals surface area (Å²) in [7, 11) is 0. The number of hydrogen-bond acceptors (Lipinski definition) is 12. The molecule has 0 spiro atoms. The molecule has 0 aromatic heterocycles. The van der Waals surface area contributed by atoms with Crippen molar-refractivity contribution in [3.63, 3.8) is 0 Å². The van der Waals surface area contributed by atoms with E-state index < -0.39 is 16.9 Å². The predicted molar refractivity (Wildman–Crippen MR) is 315 cm³/mol. The lowest BCUT2D eigenvalue weighted by molar-refractivity contribution is -0.143. The third-order valence-electron chi connectivity index (χ3n) is 15.2. The van der Waals surface area contributed by atoms with Gasteiger partial charge in [-0.3, -0.25) is 19.4 Å². The number of likely N-dealkylation sites (tertiary alicyclic amines) is 2. The first kappa shape index (κ1) is 57.2. The van der Waals surface area contributed by atoms with Crippen LogP contribution < -0.4 is 28.4 Å². The molecule has 0 amide bonds. The first-order valence-electron chi connectivity index (χ1n) is 28.4. The molecule has 4 heterocycles. The first-order chi connectivity index (χ1) is 38.4. The molecular formula is C68H78N2O10. The molecule has 6 aromatic rings. The molecule has 2 unspecified atom stereocenters. The molecular weight excluding hydrogens is 1000 g/mol. The lowest BCUT2D eigenvalue weighted by Gasteiger charge is -2.31. The highest BCUT2D eigenvalue weighted by molar-refractivity contribution is 5.97. The Labute approximate surface area is 472 Å². The lowest BCUT2D eigenvalue weighted by atomic mass is 9.86. The molecule has 2 fully saturated rings. The zero-order chi connectivity index (χ0) is 56.6. The van der Waals surface area contributed by atoms with Gasteiger partial charge >= 0.3 is 11.9 Å². The largest absolute Gasteiger partial charge is 0.508 e. The van der Waals surface area contributed by atoms with E-state index >= 15 is 0 Å². The fourth-order valence-corrected chi connectivity index (χ4v) is 10.4. The maximum Gasteiger partial charge on any atom is 0.316 e. The number of ether oxygens (including phenoxy) is 6. The van der Waals surface area contributed by atoms with Crippen molar-refractivity contribution in [3.8, 4) is 46.0 Å². The van der Waals surface area contributed by atoms with Gasteiger partial charge in [-0.05, 0) is 213 Å². The third kappa shape index (κ3) is 14.2. The summed E-state index contributed by atoms with van der Waals surface area (Å²) in [5.74, 6) is 3.71. The van der Waals surface area contributed by atoms with Crippen molar-refractivity contribution < 1.29 is 48.2 Å². The number of hydrogen-bond donors (Lipinski definition) is 2. The highest BCUT2D eigenvalue weighted by Crippen LogP contribution is 2.50. The zero-order valence-electron chi connectivity index (χ0n) is 47.8. The summed E-state index contributed by atoms with van der Waals surface area (Å²) in [6.45, 7) is 23.0.